The van der Waals surface area contributed by atoms with E-state index >= 15 is 0 Å². The van der Waals surface area contributed by atoms with Crippen molar-refractivity contribution < 1.29 is 13.2 Å². The van der Waals surface area contributed by atoms with Crippen LogP contribution in [0.15, 0.2) is 23.1 Å². The minimum atomic E-state index is -3.64. The Morgan fingerprint density at radius 1 is 1.13 bits per heavy atom. The average molecular weight is 451 g/mol. The van der Waals surface area contributed by atoms with Gasteiger partial charge in [0.2, 0.25) is 15.9 Å². The molecule has 2 fully saturated rings. The molecule has 4 rings (SSSR count). The van der Waals surface area contributed by atoms with Crippen LogP contribution in [0.4, 0.5) is 0 Å². The zero-order valence-electron chi connectivity index (χ0n) is 17.6. The Bertz CT molecular complexity index is 989. The maximum absolute atomic E-state index is 13.0. The highest BCUT2D eigenvalue weighted by Gasteiger charge is 2.33. The molecule has 7 nitrogen and oxygen atoms in total. The Morgan fingerprint density at radius 3 is 2.53 bits per heavy atom. The summed E-state index contributed by atoms with van der Waals surface area (Å²) in [6.07, 6.45) is 4.63. The van der Waals surface area contributed by atoms with Gasteiger partial charge in [-0.1, -0.05) is 19.9 Å². The van der Waals surface area contributed by atoms with Gasteiger partial charge >= 0.3 is 0 Å². The molecule has 1 aromatic heterocycles. The number of piperidine rings is 1. The van der Waals surface area contributed by atoms with Crippen LogP contribution < -0.4 is 4.72 Å². The number of hydrogen-bond acceptors (Lipinski definition) is 6. The second-order valence-electron chi connectivity index (χ2n) is 9.15. The van der Waals surface area contributed by atoms with Gasteiger partial charge in [-0.2, -0.15) is 8.75 Å². The Balaban J connectivity index is 1.31. The third-order valence-corrected chi connectivity index (χ3v) is 8.47. The van der Waals surface area contributed by atoms with Crippen molar-refractivity contribution in [2.24, 2.45) is 23.7 Å². The fourth-order valence-corrected chi connectivity index (χ4v) is 6.90. The second-order valence-corrected chi connectivity index (χ2v) is 11.4. The Morgan fingerprint density at radius 2 is 1.83 bits per heavy atom. The van der Waals surface area contributed by atoms with Gasteiger partial charge in [0, 0.05) is 25.6 Å². The molecule has 1 amide bonds. The van der Waals surface area contributed by atoms with E-state index in [1.807, 2.05) is 0 Å². The van der Waals surface area contributed by atoms with Gasteiger partial charge in [-0.3, -0.25) is 4.79 Å². The summed E-state index contributed by atoms with van der Waals surface area (Å²) < 4.78 is 36.6. The predicted molar refractivity (Wildman–Crippen MR) is 118 cm³/mol. The van der Waals surface area contributed by atoms with Crippen molar-refractivity contribution in [2.75, 3.05) is 19.6 Å². The third-order valence-electron chi connectivity index (χ3n) is 6.48. The third kappa shape index (κ3) is 4.68. The average Bonchev–Trinajstić information content (AvgIpc) is 3.20. The summed E-state index contributed by atoms with van der Waals surface area (Å²) in [6.45, 7) is 6.59. The zero-order chi connectivity index (χ0) is 21.3. The van der Waals surface area contributed by atoms with Gasteiger partial charge in [-0.25, -0.2) is 13.1 Å². The van der Waals surface area contributed by atoms with E-state index in [0.29, 0.717) is 35.3 Å². The normalized spacial score (nSPS) is 28.0. The summed E-state index contributed by atoms with van der Waals surface area (Å²) >= 11 is 1.02. The van der Waals surface area contributed by atoms with E-state index in [1.165, 1.54) is 6.42 Å². The van der Waals surface area contributed by atoms with E-state index in [2.05, 4.69) is 32.2 Å². The summed E-state index contributed by atoms with van der Waals surface area (Å²) in [5.74, 6) is 1.79. The molecular weight excluding hydrogens is 420 g/mol. The number of hydrogen-bond donors (Lipinski definition) is 1. The number of amides is 1. The highest BCUT2D eigenvalue weighted by atomic mass is 32.2. The summed E-state index contributed by atoms with van der Waals surface area (Å²) in [4.78, 5) is 15.2. The van der Waals surface area contributed by atoms with Gasteiger partial charge in [0.05, 0.1) is 11.7 Å². The standard InChI is InChI=1S/C21H30N4O3S2/c1-14-10-15(2)13-25(12-14)21(26)17-8-6-16(7-9-17)11-22-30(27,28)19-5-3-4-18-20(19)24-29-23-18/h3-5,14-17,22H,6-13H2,1-2H3/t14-,15-,16?,17?/m1/s1. The number of benzene rings is 1. The molecular formula is C21H30N4O3S2. The van der Waals surface area contributed by atoms with Crippen molar-refractivity contribution in [3.8, 4) is 0 Å². The topological polar surface area (TPSA) is 92.3 Å². The largest absolute Gasteiger partial charge is 0.342 e. The lowest BCUT2D eigenvalue weighted by Crippen LogP contribution is -2.46. The van der Waals surface area contributed by atoms with Crippen molar-refractivity contribution in [1.29, 1.82) is 0 Å². The predicted octanol–water partition coefficient (Wildman–Crippen LogP) is 3.28. The van der Waals surface area contributed by atoms with E-state index < -0.39 is 10.0 Å². The van der Waals surface area contributed by atoms with Gasteiger partial charge in [0.15, 0.2) is 0 Å². The molecule has 30 heavy (non-hydrogen) atoms. The van der Waals surface area contributed by atoms with Crippen LogP contribution in [0.3, 0.4) is 0 Å². The van der Waals surface area contributed by atoms with Gasteiger partial charge < -0.3 is 4.90 Å². The van der Waals surface area contributed by atoms with Crippen LogP contribution in [-0.2, 0) is 14.8 Å². The molecule has 0 spiro atoms. The molecule has 2 aromatic rings. The van der Waals surface area contributed by atoms with Crippen LogP contribution >= 0.6 is 11.7 Å². The summed E-state index contributed by atoms with van der Waals surface area (Å²) in [5.41, 5.74) is 1.03. The first-order valence-electron chi connectivity index (χ1n) is 10.8. The lowest BCUT2D eigenvalue weighted by atomic mass is 9.80. The minimum Gasteiger partial charge on any atom is -0.342 e. The molecule has 1 aliphatic heterocycles. The molecule has 9 heteroatoms. The van der Waals surface area contributed by atoms with E-state index in [-0.39, 0.29) is 16.7 Å². The lowest BCUT2D eigenvalue weighted by Gasteiger charge is -2.38. The first kappa shape index (κ1) is 21.6. The van der Waals surface area contributed by atoms with E-state index in [1.54, 1.807) is 18.2 Å². The van der Waals surface area contributed by atoms with E-state index in [0.717, 1.165) is 50.5 Å². The molecule has 1 aliphatic carbocycles. The number of likely N-dealkylation sites (tertiary alicyclic amines) is 1. The molecule has 1 aromatic carbocycles. The number of nitrogens with one attached hydrogen (secondary N) is 1. The molecule has 1 saturated heterocycles. The Hall–Kier alpha value is -1.58. The zero-order valence-corrected chi connectivity index (χ0v) is 19.2. The van der Waals surface area contributed by atoms with Crippen molar-refractivity contribution in [3.05, 3.63) is 18.2 Å². The molecule has 2 heterocycles. The SMILES string of the molecule is C[C@@H]1C[C@@H](C)CN(C(=O)C2CCC(CNS(=O)(=O)c3cccc4nsnc34)CC2)C1. The van der Waals surface area contributed by atoms with Gasteiger partial charge in [0.1, 0.15) is 15.9 Å². The van der Waals surface area contributed by atoms with Crippen LogP contribution in [0, 0.1) is 23.7 Å². The number of rotatable bonds is 5. The molecule has 0 unspecified atom stereocenters. The van der Waals surface area contributed by atoms with E-state index in [9.17, 15) is 13.2 Å². The van der Waals surface area contributed by atoms with E-state index in [4.69, 9.17) is 0 Å². The first-order chi connectivity index (χ1) is 14.3. The number of sulfonamides is 1. The summed E-state index contributed by atoms with van der Waals surface area (Å²) in [6, 6.07) is 5.03. The maximum atomic E-state index is 13.0. The van der Waals surface area contributed by atoms with Crippen LogP contribution in [0.5, 0.6) is 0 Å². The number of carbonyl (C=O) groups is 1. The minimum absolute atomic E-state index is 0.0881. The highest BCUT2D eigenvalue weighted by molar-refractivity contribution is 7.89. The number of nitrogens with zero attached hydrogens (tertiary/aromatic N) is 3. The fourth-order valence-electron chi connectivity index (χ4n) is 5.02. The number of carbonyl (C=O) groups excluding carboxylic acids is 1. The van der Waals surface area contributed by atoms with Crippen LogP contribution in [0.2, 0.25) is 0 Å². The molecule has 2 aliphatic rings. The maximum Gasteiger partial charge on any atom is 0.242 e. The van der Waals surface area contributed by atoms with Gasteiger partial charge in [0.25, 0.3) is 0 Å². The lowest BCUT2D eigenvalue weighted by molar-refractivity contribution is -0.139. The van der Waals surface area contributed by atoms with Crippen molar-refractivity contribution in [1.82, 2.24) is 18.4 Å². The molecule has 0 bridgehead atoms. The second kappa shape index (κ2) is 8.88. The molecule has 164 valence electrons. The smallest absolute Gasteiger partial charge is 0.242 e. The molecule has 2 atom stereocenters. The van der Waals surface area contributed by atoms with Crippen molar-refractivity contribution in [2.45, 2.75) is 50.8 Å². The summed E-state index contributed by atoms with van der Waals surface area (Å²) in [5, 5.41) is 0. The Kier molecular flexibility index (Phi) is 6.41. The molecule has 1 saturated carbocycles. The number of fused-ring (bicyclic) bond motifs is 1. The van der Waals surface area contributed by atoms with Crippen molar-refractivity contribution in [3.63, 3.8) is 0 Å². The quantitative estimate of drug-likeness (QED) is 0.755. The van der Waals surface area contributed by atoms with Crippen LogP contribution in [0.25, 0.3) is 11.0 Å². The van der Waals surface area contributed by atoms with Gasteiger partial charge in [-0.05, 0) is 62.0 Å². The van der Waals surface area contributed by atoms with Gasteiger partial charge in [-0.15, -0.1) is 0 Å². The van der Waals surface area contributed by atoms with Crippen LogP contribution in [0.1, 0.15) is 46.0 Å². The molecule has 0 radical (unpaired) electrons. The fraction of sp³-hybridized carbons (Fsp3) is 0.667. The summed E-state index contributed by atoms with van der Waals surface area (Å²) in [7, 11) is -3.64. The monoisotopic (exact) mass is 450 g/mol. The van der Waals surface area contributed by atoms with Crippen molar-refractivity contribution >= 4 is 38.7 Å². The van der Waals surface area contributed by atoms with Crippen LogP contribution in [-0.4, -0.2) is 47.6 Å². The first-order valence-corrected chi connectivity index (χ1v) is 13.0. The highest BCUT2D eigenvalue weighted by Crippen LogP contribution is 2.32. The number of aromatic nitrogens is 2. The Labute approximate surface area is 182 Å². The molecule has 1 N–H and O–H groups in total.